The number of carbonyl (C=O) groups excluding carboxylic acids is 7. The van der Waals surface area contributed by atoms with E-state index in [1.807, 2.05) is 0 Å². The average molecular weight is 921 g/mol. The molecule has 1 aromatic rings. The fourth-order valence-electron chi connectivity index (χ4n) is 7.34. The molecular formula is C35H52N8O19S. The van der Waals surface area contributed by atoms with Crippen LogP contribution in [0, 0.1) is 5.92 Å². The summed E-state index contributed by atoms with van der Waals surface area (Å²) in [5.74, 6) is -10.5. The molecule has 14 atom stereocenters. The number of phenolic OH excluding ortho intramolecular Hbond substituents is 1. The summed E-state index contributed by atoms with van der Waals surface area (Å²) in [6, 6.07) is -8.62. The lowest BCUT2D eigenvalue weighted by molar-refractivity contribution is -0.433. The van der Waals surface area contributed by atoms with Gasteiger partial charge in [0.25, 0.3) is 12.3 Å². The molecule has 4 rings (SSSR count). The maximum atomic E-state index is 14.3. The van der Waals surface area contributed by atoms with Crippen LogP contribution in [0.5, 0.6) is 11.5 Å². The van der Waals surface area contributed by atoms with E-state index >= 15 is 0 Å². The van der Waals surface area contributed by atoms with Crippen molar-refractivity contribution in [3.8, 4) is 11.5 Å². The van der Waals surface area contributed by atoms with E-state index in [4.69, 9.17) is 20.9 Å². The van der Waals surface area contributed by atoms with E-state index in [9.17, 15) is 74.4 Å². The zero-order chi connectivity index (χ0) is 47.0. The predicted octanol–water partition coefficient (Wildman–Crippen LogP) is -7.40. The highest BCUT2D eigenvalue weighted by atomic mass is 32.2. The number of primary amides is 1. The van der Waals surface area contributed by atoms with Crippen LogP contribution < -0.4 is 36.9 Å². The number of benzene rings is 1. The van der Waals surface area contributed by atoms with Gasteiger partial charge in [-0.3, -0.25) is 33.6 Å². The third kappa shape index (κ3) is 12.4. The Morgan fingerprint density at radius 3 is 2.14 bits per heavy atom. The number of nitrogens with zero attached hydrogens (tertiary/aromatic N) is 2. The number of aromatic hydroxyl groups is 1. The number of hydrogen-bond donors (Lipinski definition) is 15. The lowest BCUT2D eigenvalue weighted by atomic mass is 9.96. The minimum atomic E-state index is -2.47. The minimum absolute atomic E-state index is 0.0112. The SMILES string of the molecule is CC(O)C1NC(=O)C(N)CC(O)CNC(=O)C2C(O)C(C)CN2C(=O)C(C(O)CC(N)=O)NC(=O)C(C(O)C(O)c2ccc(O)c(OSOOO)c2)NC(=O)C2CC(O)CN2C1=O. The molecule has 63 heavy (non-hydrogen) atoms. The summed E-state index contributed by atoms with van der Waals surface area (Å²) in [5, 5.41) is 108. The Morgan fingerprint density at radius 1 is 0.873 bits per heavy atom. The molecule has 0 spiro atoms. The average Bonchev–Trinajstić information content (AvgIpc) is 3.76. The Bertz CT molecular complexity index is 1850. The Hall–Kier alpha value is -4.98. The van der Waals surface area contributed by atoms with Crippen molar-refractivity contribution in [1.82, 2.24) is 31.1 Å². The van der Waals surface area contributed by atoms with Crippen LogP contribution in [0.1, 0.15) is 44.8 Å². The fraction of sp³-hybridized carbons (Fsp3) is 0.629. The summed E-state index contributed by atoms with van der Waals surface area (Å²) in [7, 11) is 0. The van der Waals surface area contributed by atoms with Gasteiger partial charge in [-0.15, -0.1) is 0 Å². The zero-order valence-corrected chi connectivity index (χ0v) is 34.4. The highest BCUT2D eigenvalue weighted by Gasteiger charge is 2.50. The second-order valence-corrected chi connectivity index (χ2v) is 15.9. The molecular weight excluding hydrogens is 868 g/mol. The van der Waals surface area contributed by atoms with Crippen LogP contribution in [0.3, 0.4) is 0 Å². The van der Waals surface area contributed by atoms with Crippen molar-refractivity contribution < 1.29 is 93.2 Å². The summed E-state index contributed by atoms with van der Waals surface area (Å²) >= 11 is -0.0112. The fourth-order valence-corrected chi connectivity index (χ4v) is 7.60. The Balaban J connectivity index is 1.84. The number of amides is 7. The van der Waals surface area contributed by atoms with Crippen molar-refractivity contribution in [3.63, 3.8) is 0 Å². The summed E-state index contributed by atoms with van der Waals surface area (Å²) < 4.78 is 9.09. The van der Waals surface area contributed by atoms with Gasteiger partial charge in [0.15, 0.2) is 11.5 Å². The van der Waals surface area contributed by atoms with Gasteiger partial charge in [-0.25, -0.2) is 5.26 Å². The number of aliphatic hydroxyl groups is 7. The smallest absolute Gasteiger partial charge is 0.261 e. The molecule has 27 nitrogen and oxygen atoms in total. The van der Waals surface area contributed by atoms with Crippen molar-refractivity contribution in [2.24, 2.45) is 17.4 Å². The first-order chi connectivity index (χ1) is 29.6. The second-order valence-electron chi connectivity index (χ2n) is 15.4. The van der Waals surface area contributed by atoms with Crippen molar-refractivity contribution in [1.29, 1.82) is 0 Å². The first-order valence-electron chi connectivity index (χ1n) is 19.3. The van der Waals surface area contributed by atoms with Gasteiger partial charge >= 0.3 is 0 Å². The van der Waals surface area contributed by atoms with Crippen LogP contribution in [0.15, 0.2) is 18.2 Å². The number of rotatable bonds is 11. The van der Waals surface area contributed by atoms with E-state index < -0.39 is 170 Å². The second kappa shape index (κ2) is 22.1. The summed E-state index contributed by atoms with van der Waals surface area (Å²) in [4.78, 5) is 96.9. The molecule has 7 amide bonds. The van der Waals surface area contributed by atoms with Gasteiger partial charge in [0.1, 0.15) is 42.4 Å². The van der Waals surface area contributed by atoms with E-state index in [2.05, 4.69) is 30.6 Å². The molecule has 14 unspecified atom stereocenters. The topological polar surface area (TPSA) is 436 Å². The van der Waals surface area contributed by atoms with Crippen molar-refractivity contribution in [3.05, 3.63) is 23.8 Å². The van der Waals surface area contributed by atoms with Crippen LogP contribution in [-0.4, -0.2) is 190 Å². The lowest BCUT2D eigenvalue weighted by Gasteiger charge is -2.34. The van der Waals surface area contributed by atoms with Gasteiger partial charge < -0.3 is 87.6 Å². The first kappa shape index (κ1) is 50.7. The van der Waals surface area contributed by atoms with Crippen LogP contribution in [0.2, 0.25) is 0 Å². The molecule has 0 aliphatic carbocycles. The molecule has 3 aliphatic heterocycles. The molecule has 0 bridgehead atoms. The number of phenols is 1. The Labute approximate surface area is 361 Å². The van der Waals surface area contributed by atoms with Gasteiger partial charge in [-0.1, -0.05) is 22.4 Å². The van der Waals surface area contributed by atoms with E-state index in [0.29, 0.717) is 0 Å². The highest BCUT2D eigenvalue weighted by molar-refractivity contribution is 7.90. The number of nitrogens with one attached hydrogen (secondary N) is 4. The molecule has 352 valence electrons. The number of nitrogens with two attached hydrogens (primary N) is 2. The van der Waals surface area contributed by atoms with Crippen LogP contribution in [0.25, 0.3) is 0 Å². The first-order valence-corrected chi connectivity index (χ1v) is 20.0. The summed E-state index contributed by atoms with van der Waals surface area (Å²) in [6.07, 6.45) is -15.2. The van der Waals surface area contributed by atoms with Crippen molar-refractivity contribution in [2.45, 2.75) is 112 Å². The number of carbonyl (C=O) groups is 7. The summed E-state index contributed by atoms with van der Waals surface area (Å²) in [6.45, 7) is 0.993. The largest absolute Gasteiger partial charge is 0.504 e. The molecule has 17 N–H and O–H groups in total. The molecule has 3 saturated heterocycles. The molecule has 0 saturated carbocycles. The molecule has 3 fully saturated rings. The van der Waals surface area contributed by atoms with E-state index in [1.165, 1.54) is 6.92 Å². The molecule has 0 aromatic heterocycles. The number of aliphatic hydroxyl groups excluding tert-OH is 7. The molecule has 3 heterocycles. The lowest BCUT2D eigenvalue weighted by Crippen LogP contribution is -2.64. The maximum absolute atomic E-state index is 14.3. The molecule has 3 aliphatic rings. The van der Waals surface area contributed by atoms with Gasteiger partial charge in [0.05, 0.1) is 43.0 Å². The quantitative estimate of drug-likeness (QED) is 0.0424. The predicted molar refractivity (Wildman–Crippen MR) is 208 cm³/mol. The van der Waals surface area contributed by atoms with Gasteiger partial charge in [-0.2, -0.15) is 0 Å². The van der Waals surface area contributed by atoms with Gasteiger partial charge in [0.2, 0.25) is 41.4 Å². The zero-order valence-electron chi connectivity index (χ0n) is 33.6. The monoisotopic (exact) mass is 920 g/mol. The number of fused-ring (bicyclic) bond motifs is 2. The minimum Gasteiger partial charge on any atom is -0.504 e. The third-order valence-corrected chi connectivity index (χ3v) is 11.0. The highest BCUT2D eigenvalue weighted by Crippen LogP contribution is 2.34. The molecule has 0 radical (unpaired) electrons. The molecule has 1 aromatic carbocycles. The number of β-amino-alcohol motifs (C(OH)–C–C–N with tert-alkyl or cyclic N) is 1. The Morgan fingerprint density at radius 2 is 1.51 bits per heavy atom. The van der Waals surface area contributed by atoms with E-state index in [0.717, 1.165) is 34.9 Å². The Kier molecular flexibility index (Phi) is 17.8. The summed E-state index contributed by atoms with van der Waals surface area (Å²) in [5.41, 5.74) is 11.0. The molecule has 28 heteroatoms. The standard InChI is InChI=1S/C35H52N8O19S/c1-12-10-43-26(27(12)50)33(56)38-9-15(45)6-17(36)30(53)39-23(13(2)44)34(57)42-11-16(46)7-18(42)31(54)41-25(32(55)40-24(35(43)58)20(48)8-22(37)49)29(52)28(51)14-3-4-19(47)21(5-14)60-63-62-61-59/h3-5,12-13,15-18,20,23-29,44-48,50-52,59H,6-11,36H2,1-2H3,(H2,37,49)(H,38,56)(H,39,53)(H,40,55)(H,41,54). The third-order valence-electron chi connectivity index (χ3n) is 10.7. The van der Waals surface area contributed by atoms with Gasteiger partial charge in [-0.05, 0) is 31.0 Å². The van der Waals surface area contributed by atoms with Crippen LogP contribution in [-0.2, 0) is 42.9 Å². The van der Waals surface area contributed by atoms with Crippen molar-refractivity contribution >= 4 is 53.7 Å². The van der Waals surface area contributed by atoms with Crippen LogP contribution in [0.4, 0.5) is 0 Å². The van der Waals surface area contributed by atoms with E-state index in [-0.39, 0.29) is 24.4 Å². The van der Waals surface area contributed by atoms with Crippen molar-refractivity contribution in [2.75, 3.05) is 19.6 Å². The normalized spacial score (nSPS) is 31.3. The van der Waals surface area contributed by atoms with Crippen LogP contribution >= 0.6 is 12.3 Å². The van der Waals surface area contributed by atoms with E-state index in [1.54, 1.807) is 0 Å². The van der Waals surface area contributed by atoms with Gasteiger partial charge in [0, 0.05) is 32.0 Å². The number of hydrogen-bond acceptors (Lipinski definition) is 21. The maximum Gasteiger partial charge on any atom is 0.261 e.